The molecule has 0 amide bonds. The van der Waals surface area contributed by atoms with Crippen LogP contribution >= 0.6 is 23.2 Å². The van der Waals surface area contributed by atoms with Crippen LogP contribution in [0.4, 0.5) is 0 Å². The van der Waals surface area contributed by atoms with Gasteiger partial charge in [-0.1, -0.05) is 23.2 Å². The van der Waals surface area contributed by atoms with Gasteiger partial charge in [0.15, 0.2) is 0 Å². The van der Waals surface area contributed by atoms with Crippen molar-refractivity contribution in [1.82, 2.24) is 0 Å². The lowest BCUT2D eigenvalue weighted by Crippen LogP contribution is -2.21. The molecule has 3 atom stereocenters. The molecule has 0 bridgehead atoms. The Balaban J connectivity index is 2.08. The molecule has 3 nitrogen and oxygen atoms in total. The summed E-state index contributed by atoms with van der Waals surface area (Å²) in [6.45, 7) is 4.54. The number of halogens is 2. The summed E-state index contributed by atoms with van der Waals surface area (Å²) in [5, 5.41) is 1.13. The smallest absolute Gasteiger partial charge is 0.141 e. The van der Waals surface area contributed by atoms with E-state index >= 15 is 0 Å². The van der Waals surface area contributed by atoms with Crippen molar-refractivity contribution in [3.8, 4) is 5.75 Å². The van der Waals surface area contributed by atoms with Crippen molar-refractivity contribution in [2.45, 2.75) is 51.4 Å². The van der Waals surface area contributed by atoms with Crippen molar-refractivity contribution >= 4 is 23.2 Å². The fraction of sp³-hybridized carbons (Fsp3) is 0.600. The summed E-state index contributed by atoms with van der Waals surface area (Å²) >= 11 is 12.3. The van der Waals surface area contributed by atoms with Gasteiger partial charge in [-0.2, -0.15) is 0 Å². The minimum atomic E-state index is 0.0228. The number of ether oxygens (including phenoxy) is 2. The summed E-state index contributed by atoms with van der Waals surface area (Å²) in [6.07, 6.45) is 3.23. The van der Waals surface area contributed by atoms with Crippen molar-refractivity contribution in [3.63, 3.8) is 0 Å². The molecule has 20 heavy (non-hydrogen) atoms. The third-order valence-corrected chi connectivity index (χ3v) is 3.86. The predicted molar refractivity (Wildman–Crippen MR) is 82.9 cm³/mol. The molecule has 5 heteroatoms. The summed E-state index contributed by atoms with van der Waals surface area (Å²) in [6, 6.07) is 3.58. The van der Waals surface area contributed by atoms with Crippen LogP contribution in [0.5, 0.6) is 5.75 Å². The molecule has 0 spiro atoms. The Morgan fingerprint density at radius 1 is 1.40 bits per heavy atom. The highest BCUT2D eigenvalue weighted by atomic mass is 35.5. The average molecular weight is 318 g/mol. The van der Waals surface area contributed by atoms with Crippen LogP contribution in [0.1, 0.15) is 32.3 Å². The Hall–Kier alpha value is -0.480. The zero-order valence-corrected chi connectivity index (χ0v) is 13.4. The van der Waals surface area contributed by atoms with E-state index in [-0.39, 0.29) is 12.1 Å². The van der Waals surface area contributed by atoms with Crippen LogP contribution in [0.3, 0.4) is 0 Å². The van der Waals surface area contributed by atoms with Gasteiger partial charge in [0.05, 0.1) is 17.2 Å². The van der Waals surface area contributed by atoms with Gasteiger partial charge in [0.1, 0.15) is 12.4 Å². The maximum absolute atomic E-state index is 6.24. The molecule has 0 radical (unpaired) electrons. The SMILES string of the molecule is CC(N)Cc1cc(Cl)cc(Cl)c1OCC1CCC(C)O1. The predicted octanol–water partition coefficient (Wildman–Crippen LogP) is 3.83. The molecule has 1 aromatic rings. The third-order valence-electron chi connectivity index (χ3n) is 3.36. The Morgan fingerprint density at radius 2 is 2.15 bits per heavy atom. The van der Waals surface area contributed by atoms with E-state index in [0.29, 0.717) is 34.9 Å². The zero-order valence-electron chi connectivity index (χ0n) is 11.9. The van der Waals surface area contributed by atoms with Crippen LogP contribution in [-0.4, -0.2) is 24.9 Å². The topological polar surface area (TPSA) is 44.5 Å². The van der Waals surface area contributed by atoms with Gasteiger partial charge in [0, 0.05) is 11.1 Å². The van der Waals surface area contributed by atoms with Crippen molar-refractivity contribution in [2.24, 2.45) is 5.73 Å². The molecule has 1 saturated heterocycles. The lowest BCUT2D eigenvalue weighted by Gasteiger charge is -2.18. The molecule has 1 aliphatic rings. The largest absolute Gasteiger partial charge is 0.489 e. The quantitative estimate of drug-likeness (QED) is 0.897. The summed E-state index contributed by atoms with van der Waals surface area (Å²) in [7, 11) is 0. The average Bonchev–Trinajstić information content (AvgIpc) is 2.73. The lowest BCUT2D eigenvalue weighted by molar-refractivity contribution is 0.0263. The molecular weight excluding hydrogens is 297 g/mol. The minimum absolute atomic E-state index is 0.0228. The third kappa shape index (κ3) is 4.26. The van der Waals surface area contributed by atoms with Crippen molar-refractivity contribution < 1.29 is 9.47 Å². The van der Waals surface area contributed by atoms with Crippen LogP contribution in [0.2, 0.25) is 10.0 Å². The molecule has 1 aromatic carbocycles. The fourth-order valence-corrected chi connectivity index (χ4v) is 3.05. The van der Waals surface area contributed by atoms with Crippen LogP contribution in [0.15, 0.2) is 12.1 Å². The Bertz CT molecular complexity index is 465. The van der Waals surface area contributed by atoms with Crippen molar-refractivity contribution in [1.29, 1.82) is 0 Å². The molecule has 0 saturated carbocycles. The van der Waals surface area contributed by atoms with Gasteiger partial charge in [-0.3, -0.25) is 0 Å². The normalized spacial score (nSPS) is 23.9. The van der Waals surface area contributed by atoms with Gasteiger partial charge < -0.3 is 15.2 Å². The van der Waals surface area contributed by atoms with Gasteiger partial charge >= 0.3 is 0 Å². The highest BCUT2D eigenvalue weighted by Gasteiger charge is 2.23. The summed E-state index contributed by atoms with van der Waals surface area (Å²) in [5.41, 5.74) is 6.81. The Labute approximate surface area is 130 Å². The fourth-order valence-electron chi connectivity index (χ4n) is 2.46. The van der Waals surface area contributed by atoms with Crippen LogP contribution in [0.25, 0.3) is 0 Å². The molecule has 1 heterocycles. The Morgan fingerprint density at radius 3 is 2.75 bits per heavy atom. The molecule has 1 fully saturated rings. The molecule has 112 valence electrons. The van der Waals surface area contributed by atoms with E-state index in [1.807, 2.05) is 13.0 Å². The van der Waals surface area contributed by atoms with E-state index in [4.69, 9.17) is 38.4 Å². The molecule has 0 aromatic heterocycles. The first-order valence-corrected chi connectivity index (χ1v) is 7.73. The van der Waals surface area contributed by atoms with Crippen molar-refractivity contribution in [2.75, 3.05) is 6.61 Å². The van der Waals surface area contributed by atoms with Gasteiger partial charge in [-0.15, -0.1) is 0 Å². The van der Waals surface area contributed by atoms with E-state index in [9.17, 15) is 0 Å². The molecule has 0 aliphatic carbocycles. The van der Waals surface area contributed by atoms with Crippen LogP contribution in [-0.2, 0) is 11.2 Å². The van der Waals surface area contributed by atoms with Gasteiger partial charge in [-0.05, 0) is 50.8 Å². The molecule has 2 rings (SSSR count). The van der Waals surface area contributed by atoms with Crippen molar-refractivity contribution in [3.05, 3.63) is 27.7 Å². The highest BCUT2D eigenvalue weighted by molar-refractivity contribution is 6.35. The number of hydrogen-bond acceptors (Lipinski definition) is 3. The summed E-state index contributed by atoms with van der Waals surface area (Å²) in [4.78, 5) is 0. The van der Waals surface area contributed by atoms with E-state index in [0.717, 1.165) is 18.4 Å². The first-order valence-electron chi connectivity index (χ1n) is 6.97. The number of hydrogen-bond donors (Lipinski definition) is 1. The number of nitrogens with two attached hydrogens (primary N) is 1. The Kier molecular flexibility index (Phi) is 5.56. The molecular formula is C15H21Cl2NO2. The monoisotopic (exact) mass is 317 g/mol. The number of rotatable bonds is 5. The summed E-state index contributed by atoms with van der Waals surface area (Å²) < 4.78 is 11.6. The van der Waals surface area contributed by atoms with Gasteiger partial charge in [-0.25, -0.2) is 0 Å². The van der Waals surface area contributed by atoms with Crippen LogP contribution in [0, 0.1) is 0 Å². The lowest BCUT2D eigenvalue weighted by atomic mass is 10.1. The maximum Gasteiger partial charge on any atom is 0.141 e. The molecule has 2 N–H and O–H groups in total. The number of benzene rings is 1. The molecule has 1 aliphatic heterocycles. The van der Waals surface area contributed by atoms with E-state index in [1.54, 1.807) is 6.07 Å². The second-order valence-electron chi connectivity index (χ2n) is 5.51. The van der Waals surface area contributed by atoms with Gasteiger partial charge in [0.2, 0.25) is 0 Å². The van der Waals surface area contributed by atoms with Crippen LogP contribution < -0.4 is 10.5 Å². The first-order chi connectivity index (χ1) is 9.45. The second-order valence-corrected chi connectivity index (χ2v) is 6.36. The van der Waals surface area contributed by atoms with E-state index in [2.05, 4.69) is 6.92 Å². The standard InChI is InChI=1S/C15H21Cl2NO2/c1-9(18)5-11-6-12(16)7-14(17)15(11)19-8-13-4-3-10(2)20-13/h6-7,9-10,13H,3-5,8,18H2,1-2H3. The van der Waals surface area contributed by atoms with Gasteiger partial charge in [0.25, 0.3) is 0 Å². The maximum atomic E-state index is 6.24. The molecule has 3 unspecified atom stereocenters. The zero-order chi connectivity index (χ0) is 14.7. The summed E-state index contributed by atoms with van der Waals surface area (Å²) in [5.74, 6) is 0.677. The van der Waals surface area contributed by atoms with E-state index in [1.165, 1.54) is 0 Å². The second kappa shape index (κ2) is 6.99. The first kappa shape index (κ1) is 15.9. The minimum Gasteiger partial charge on any atom is -0.489 e. The highest BCUT2D eigenvalue weighted by Crippen LogP contribution is 2.34. The van der Waals surface area contributed by atoms with E-state index < -0.39 is 0 Å².